The van der Waals surface area contributed by atoms with E-state index in [0.29, 0.717) is 11.1 Å². The number of nitrogens with zero attached hydrogens (tertiary/aromatic N) is 1. The van der Waals surface area contributed by atoms with Gasteiger partial charge in [0.2, 0.25) is 6.23 Å². The fraction of sp³-hybridized carbons (Fsp3) is 0.294. The van der Waals surface area contributed by atoms with E-state index in [4.69, 9.17) is 9.47 Å². The number of esters is 1. The van der Waals surface area contributed by atoms with Crippen LogP contribution in [-0.4, -0.2) is 45.6 Å². The van der Waals surface area contributed by atoms with E-state index in [2.05, 4.69) is 4.74 Å². The third kappa shape index (κ3) is 3.57. The molecule has 140 valence electrons. The summed E-state index contributed by atoms with van der Waals surface area (Å²) in [6, 6.07) is 9.03. The summed E-state index contributed by atoms with van der Waals surface area (Å²) in [7, 11) is 3.40. The van der Waals surface area contributed by atoms with Crippen molar-refractivity contribution in [1.29, 1.82) is 0 Å². The summed E-state index contributed by atoms with van der Waals surface area (Å²) in [4.78, 5) is 24.2. The number of carbonyl (C=O) groups excluding carboxylic acids is 2. The van der Waals surface area contributed by atoms with Gasteiger partial charge in [0.05, 0.1) is 19.9 Å². The summed E-state index contributed by atoms with van der Waals surface area (Å²) in [6.45, 7) is 0. The van der Waals surface area contributed by atoms with Crippen LogP contribution in [0.25, 0.3) is 10.8 Å². The lowest BCUT2D eigenvalue weighted by Crippen LogP contribution is -2.52. The molecular formula is C17H16F3NO5. The van der Waals surface area contributed by atoms with Gasteiger partial charge in [-0.2, -0.15) is 13.2 Å². The van der Waals surface area contributed by atoms with Crippen LogP contribution in [-0.2, 0) is 19.1 Å². The van der Waals surface area contributed by atoms with Gasteiger partial charge in [-0.25, -0.2) is 4.79 Å². The second-order valence-electron chi connectivity index (χ2n) is 5.12. The van der Waals surface area contributed by atoms with Crippen LogP contribution in [0, 0.1) is 0 Å². The number of benzene rings is 2. The van der Waals surface area contributed by atoms with E-state index < -0.39 is 24.3 Å². The fourth-order valence-electron chi connectivity index (χ4n) is 2.53. The summed E-state index contributed by atoms with van der Waals surface area (Å²) in [5.41, 5.74) is -0.166. The van der Waals surface area contributed by atoms with Crippen LogP contribution in [0.3, 0.4) is 0 Å². The Morgan fingerprint density at radius 1 is 1.00 bits per heavy atom. The first-order valence-electron chi connectivity index (χ1n) is 7.33. The second kappa shape index (κ2) is 7.61. The molecule has 0 aliphatic heterocycles. The van der Waals surface area contributed by atoms with Crippen molar-refractivity contribution in [3.63, 3.8) is 0 Å². The second-order valence-corrected chi connectivity index (χ2v) is 5.12. The minimum Gasteiger partial charge on any atom is -0.496 e. The normalized spacial score (nSPS) is 12.5. The monoisotopic (exact) mass is 371 g/mol. The Morgan fingerprint density at radius 2 is 1.62 bits per heavy atom. The largest absolute Gasteiger partial charge is 0.496 e. The first kappa shape index (κ1) is 19.5. The molecule has 0 radical (unpaired) electrons. The number of alkyl halides is 3. The molecule has 0 bridgehead atoms. The van der Waals surface area contributed by atoms with E-state index in [1.54, 1.807) is 18.2 Å². The van der Waals surface area contributed by atoms with Crippen molar-refractivity contribution in [2.24, 2.45) is 0 Å². The highest BCUT2D eigenvalue weighted by Crippen LogP contribution is 2.36. The van der Waals surface area contributed by atoms with Crippen LogP contribution >= 0.6 is 0 Å². The molecular weight excluding hydrogens is 355 g/mol. The molecule has 0 saturated carbocycles. The van der Waals surface area contributed by atoms with Gasteiger partial charge in [-0.1, -0.05) is 24.3 Å². The van der Waals surface area contributed by atoms with Gasteiger partial charge in [-0.15, -0.1) is 0 Å². The number of methoxy groups -OCH3 is 3. The Balaban J connectivity index is 2.76. The standard InChI is InChI=1S/C17H16F3NO5/c1-24-13-9-8-12(10-6-4-5-7-11(10)13)21(16(23)17(18,19)20)14(25-2)15(22)26-3/h4-9,14H,1-3H3/t14-/m0/s1. The molecule has 2 aromatic carbocycles. The Kier molecular flexibility index (Phi) is 5.71. The lowest BCUT2D eigenvalue weighted by atomic mass is 10.1. The minimum absolute atomic E-state index is 0.166. The van der Waals surface area contributed by atoms with E-state index >= 15 is 0 Å². The Hall–Kier alpha value is -2.81. The van der Waals surface area contributed by atoms with Crippen molar-refractivity contribution in [3.8, 4) is 5.75 Å². The molecule has 0 fully saturated rings. The Morgan fingerprint density at radius 3 is 2.12 bits per heavy atom. The van der Waals surface area contributed by atoms with Gasteiger partial charge in [0, 0.05) is 17.9 Å². The first-order chi connectivity index (χ1) is 12.3. The van der Waals surface area contributed by atoms with Crippen LogP contribution in [0.1, 0.15) is 0 Å². The van der Waals surface area contributed by atoms with Crippen molar-refractivity contribution >= 4 is 28.3 Å². The smallest absolute Gasteiger partial charge is 0.471 e. The number of ether oxygens (including phenoxy) is 3. The number of amides is 1. The zero-order chi connectivity index (χ0) is 19.5. The summed E-state index contributed by atoms with van der Waals surface area (Å²) < 4.78 is 54.0. The molecule has 0 spiro atoms. The van der Waals surface area contributed by atoms with Gasteiger partial charge < -0.3 is 14.2 Å². The predicted molar refractivity (Wildman–Crippen MR) is 86.9 cm³/mol. The lowest BCUT2D eigenvalue weighted by Gasteiger charge is -2.30. The molecule has 1 atom stereocenters. The molecule has 9 heteroatoms. The van der Waals surface area contributed by atoms with E-state index in [-0.39, 0.29) is 16.0 Å². The van der Waals surface area contributed by atoms with Gasteiger partial charge in [0.25, 0.3) is 0 Å². The Labute approximate surface area is 147 Å². The van der Waals surface area contributed by atoms with Crippen molar-refractivity contribution in [2.45, 2.75) is 12.4 Å². The fourth-order valence-corrected chi connectivity index (χ4v) is 2.53. The number of rotatable bonds is 5. The molecule has 0 heterocycles. The van der Waals surface area contributed by atoms with Gasteiger partial charge in [-0.05, 0) is 12.1 Å². The van der Waals surface area contributed by atoms with Crippen molar-refractivity contribution < 1.29 is 37.0 Å². The molecule has 6 nitrogen and oxygen atoms in total. The summed E-state index contributed by atoms with van der Waals surface area (Å²) >= 11 is 0. The van der Waals surface area contributed by atoms with Gasteiger partial charge >= 0.3 is 18.1 Å². The van der Waals surface area contributed by atoms with E-state index in [9.17, 15) is 22.8 Å². The predicted octanol–water partition coefficient (Wildman–Crippen LogP) is 2.89. The molecule has 2 rings (SSSR count). The molecule has 0 N–H and O–H groups in total. The molecule has 0 aliphatic carbocycles. The number of halogens is 3. The number of hydrogen-bond donors (Lipinski definition) is 0. The van der Waals surface area contributed by atoms with Crippen molar-refractivity contribution in [3.05, 3.63) is 36.4 Å². The van der Waals surface area contributed by atoms with Crippen molar-refractivity contribution in [1.82, 2.24) is 0 Å². The number of anilines is 1. The number of hydrogen-bond acceptors (Lipinski definition) is 5. The van der Waals surface area contributed by atoms with Crippen LogP contribution in [0.2, 0.25) is 0 Å². The molecule has 1 amide bonds. The molecule has 0 aromatic heterocycles. The molecule has 26 heavy (non-hydrogen) atoms. The zero-order valence-corrected chi connectivity index (χ0v) is 14.2. The maximum absolute atomic E-state index is 13.2. The van der Waals surface area contributed by atoms with E-state index in [1.165, 1.54) is 25.3 Å². The van der Waals surface area contributed by atoms with Crippen LogP contribution in [0.4, 0.5) is 18.9 Å². The van der Waals surface area contributed by atoms with Crippen LogP contribution < -0.4 is 9.64 Å². The highest BCUT2D eigenvalue weighted by molar-refractivity contribution is 6.09. The lowest BCUT2D eigenvalue weighted by molar-refractivity contribution is -0.175. The van der Waals surface area contributed by atoms with Gasteiger partial charge in [0.1, 0.15) is 5.75 Å². The zero-order valence-electron chi connectivity index (χ0n) is 14.2. The highest BCUT2D eigenvalue weighted by atomic mass is 19.4. The third-order valence-electron chi connectivity index (χ3n) is 3.66. The molecule has 2 aromatic rings. The first-order valence-corrected chi connectivity index (χ1v) is 7.33. The molecule has 0 saturated heterocycles. The molecule has 0 aliphatic rings. The van der Waals surface area contributed by atoms with Gasteiger partial charge in [-0.3, -0.25) is 9.69 Å². The van der Waals surface area contributed by atoms with Crippen LogP contribution in [0.5, 0.6) is 5.75 Å². The minimum atomic E-state index is -5.23. The average molecular weight is 371 g/mol. The summed E-state index contributed by atoms with van der Waals surface area (Å²) in [5.74, 6) is -3.01. The maximum atomic E-state index is 13.2. The maximum Gasteiger partial charge on any atom is 0.471 e. The SMILES string of the molecule is COC(=O)[C@H](OC)N(C(=O)C(F)(F)F)c1ccc(OC)c2ccccc12. The molecule has 0 unspecified atom stereocenters. The summed E-state index contributed by atoms with van der Waals surface area (Å²) in [5, 5.41) is 0.739. The quantitative estimate of drug-likeness (QED) is 0.597. The third-order valence-corrected chi connectivity index (χ3v) is 3.66. The van der Waals surface area contributed by atoms with Crippen molar-refractivity contribution in [2.75, 3.05) is 26.2 Å². The van der Waals surface area contributed by atoms with E-state index in [0.717, 1.165) is 14.2 Å². The van der Waals surface area contributed by atoms with Gasteiger partial charge in [0.15, 0.2) is 0 Å². The number of carbonyl (C=O) groups is 2. The number of fused-ring (bicyclic) bond motifs is 1. The highest BCUT2D eigenvalue weighted by Gasteiger charge is 2.48. The van der Waals surface area contributed by atoms with Crippen LogP contribution in [0.15, 0.2) is 36.4 Å². The van der Waals surface area contributed by atoms with E-state index in [1.807, 2.05) is 0 Å². The average Bonchev–Trinajstić information content (AvgIpc) is 2.63. The topological polar surface area (TPSA) is 65.1 Å². The summed E-state index contributed by atoms with van der Waals surface area (Å²) in [6.07, 6.45) is -7.14. The Bertz CT molecular complexity index is 822.